The summed E-state index contributed by atoms with van der Waals surface area (Å²) < 4.78 is 33.8. The van der Waals surface area contributed by atoms with Crippen LogP contribution in [0.15, 0.2) is 48.6 Å². The molecule has 0 aliphatic carbocycles. The van der Waals surface area contributed by atoms with Gasteiger partial charge in [-0.2, -0.15) is 0 Å². The fraction of sp³-hybridized carbons (Fsp3) is 0.783. The molecule has 1 unspecified atom stereocenters. The third-order valence-electron chi connectivity index (χ3n) is 9.43. The molecule has 0 aromatic heterocycles. The summed E-state index contributed by atoms with van der Waals surface area (Å²) in [7, 11) is 1.10. The topological polar surface area (TPSA) is 131 Å². The lowest BCUT2D eigenvalue weighted by molar-refractivity contribution is -0.870. The molecule has 0 radical (unpaired) electrons. The molecular weight excluding hydrogens is 741 g/mol. The highest BCUT2D eigenvalue weighted by Gasteiger charge is 2.21. The van der Waals surface area contributed by atoms with Gasteiger partial charge in [-0.25, -0.2) is 0 Å². The number of unbranched alkanes of at least 4 members (excludes halogenated alkanes) is 18. The van der Waals surface area contributed by atoms with Gasteiger partial charge in [-0.05, 0) is 44.9 Å². The Morgan fingerprint density at radius 2 is 1.19 bits per heavy atom. The molecule has 57 heavy (non-hydrogen) atoms. The summed E-state index contributed by atoms with van der Waals surface area (Å²) in [5.41, 5.74) is 0. The van der Waals surface area contributed by atoms with Crippen molar-refractivity contribution in [1.29, 1.82) is 0 Å². The zero-order chi connectivity index (χ0) is 42.3. The molecule has 1 N–H and O–H groups in total. The van der Waals surface area contributed by atoms with Crippen molar-refractivity contribution < 1.29 is 47.2 Å². The van der Waals surface area contributed by atoms with E-state index in [1.54, 1.807) is 6.08 Å². The molecule has 0 aromatic carbocycles. The summed E-state index contributed by atoms with van der Waals surface area (Å²) in [6.45, 7) is 4.04. The Morgan fingerprint density at radius 3 is 1.81 bits per heavy atom. The number of carbonyl (C=O) groups excluding carboxylic acids is 2. The normalized spacial score (nSPS) is 14.6. The first kappa shape index (κ1) is 54.9. The zero-order valence-electron chi connectivity index (χ0n) is 36.9. The Bertz CT molecular complexity index is 1130. The predicted octanol–water partition coefficient (Wildman–Crippen LogP) is 11.0. The maximum Gasteiger partial charge on any atom is 0.306 e. The second-order valence-corrected chi connectivity index (χ2v) is 17.7. The molecule has 0 aliphatic heterocycles. The summed E-state index contributed by atoms with van der Waals surface area (Å²) >= 11 is 0. The van der Waals surface area contributed by atoms with Crippen LogP contribution in [0.25, 0.3) is 0 Å². The average Bonchev–Trinajstić information content (AvgIpc) is 3.15. The van der Waals surface area contributed by atoms with E-state index in [4.69, 9.17) is 18.5 Å². The molecule has 332 valence electrons. The number of nitrogens with zero attached hydrogens (tertiary/aromatic N) is 1. The SMILES string of the molecule is CCCCC/C=C\C=C/[C@@H](O)C/C=C\C/C=C/CCCC(=O)OC[C@H](COP(=O)([O-])OCC[N+](C)(C)C)OC(=O)CCCCCCCCCCCCCCCCC. The maximum absolute atomic E-state index is 12.7. The Hall–Kier alpha value is -2.07. The molecular formula is C46H84NO9P. The first-order chi connectivity index (χ1) is 27.4. The average molecular weight is 826 g/mol. The molecule has 0 saturated carbocycles. The third kappa shape index (κ3) is 41.9. The lowest BCUT2D eigenvalue weighted by Crippen LogP contribution is -2.37. The van der Waals surface area contributed by atoms with Gasteiger partial charge in [0.25, 0.3) is 7.82 Å². The van der Waals surface area contributed by atoms with Gasteiger partial charge >= 0.3 is 11.9 Å². The van der Waals surface area contributed by atoms with Crippen LogP contribution >= 0.6 is 7.82 Å². The molecule has 3 atom stereocenters. The number of rotatable bonds is 40. The van der Waals surface area contributed by atoms with Crippen LogP contribution in [0.1, 0.15) is 174 Å². The standard InChI is InChI=1S/C46H84NO9P/c1-6-8-10-12-14-15-16-17-18-19-20-21-25-30-34-38-46(50)56-44(42-55-57(51,52)54-40-39-47(3,4)5)41-53-45(49)37-33-29-26-22-24-28-32-36-43(48)35-31-27-23-13-11-9-7-2/h22-23,26-28,31-32,35,43-44,48H,6-21,24-25,29-30,33-34,36-42H2,1-5H3/b26-22+,27-23-,32-28-,35-31-/t43-,44-/m1/s1. The van der Waals surface area contributed by atoms with Crippen molar-refractivity contribution in [2.45, 2.75) is 187 Å². The minimum absolute atomic E-state index is 0.0499. The van der Waals surface area contributed by atoms with E-state index in [-0.39, 0.29) is 26.1 Å². The quantitative estimate of drug-likeness (QED) is 0.0160. The molecule has 0 rings (SSSR count). The van der Waals surface area contributed by atoms with E-state index in [2.05, 4.69) is 19.9 Å². The van der Waals surface area contributed by atoms with E-state index in [1.807, 2.05) is 57.6 Å². The van der Waals surface area contributed by atoms with Crippen molar-refractivity contribution in [1.82, 2.24) is 0 Å². The molecule has 0 spiro atoms. The van der Waals surface area contributed by atoms with Crippen LogP contribution in [0.5, 0.6) is 0 Å². The molecule has 11 heteroatoms. The van der Waals surface area contributed by atoms with Crippen LogP contribution in [-0.4, -0.2) is 81.2 Å². The first-order valence-electron chi connectivity index (χ1n) is 22.5. The Morgan fingerprint density at radius 1 is 0.649 bits per heavy atom. The van der Waals surface area contributed by atoms with Gasteiger partial charge in [0.05, 0.1) is 33.9 Å². The Kier molecular flexibility index (Phi) is 36.8. The molecule has 0 aliphatic rings. The van der Waals surface area contributed by atoms with Crippen molar-refractivity contribution in [3.63, 3.8) is 0 Å². The highest BCUT2D eigenvalue weighted by molar-refractivity contribution is 7.45. The number of likely N-dealkylation sites (N-methyl/N-ethyl adjacent to an activating group) is 1. The molecule has 0 heterocycles. The van der Waals surface area contributed by atoms with Crippen LogP contribution < -0.4 is 4.89 Å². The molecule has 0 bridgehead atoms. The van der Waals surface area contributed by atoms with Gasteiger partial charge in [0.2, 0.25) is 0 Å². The van der Waals surface area contributed by atoms with Gasteiger partial charge in [-0.15, -0.1) is 0 Å². The molecule has 0 fully saturated rings. The van der Waals surface area contributed by atoms with Crippen molar-refractivity contribution in [2.75, 3.05) is 47.5 Å². The number of phosphoric ester groups is 1. The summed E-state index contributed by atoms with van der Waals surface area (Å²) in [5.74, 6) is -0.939. The Balaban J connectivity index is 4.49. The summed E-state index contributed by atoms with van der Waals surface area (Å²) in [5, 5.41) is 10.1. The van der Waals surface area contributed by atoms with Gasteiger partial charge in [-0.1, -0.05) is 165 Å². The summed E-state index contributed by atoms with van der Waals surface area (Å²) in [4.78, 5) is 37.5. The monoisotopic (exact) mass is 826 g/mol. The number of aliphatic hydroxyl groups excluding tert-OH is 1. The largest absolute Gasteiger partial charge is 0.756 e. The van der Waals surface area contributed by atoms with Crippen molar-refractivity contribution in [2.24, 2.45) is 0 Å². The van der Waals surface area contributed by atoms with Gasteiger partial charge in [-0.3, -0.25) is 14.2 Å². The lowest BCUT2D eigenvalue weighted by Gasteiger charge is -2.28. The Labute approximate surface area is 348 Å². The summed E-state index contributed by atoms with van der Waals surface area (Å²) in [6.07, 6.45) is 40.2. The number of carbonyl (C=O) groups is 2. The van der Waals surface area contributed by atoms with Crippen molar-refractivity contribution >= 4 is 19.8 Å². The summed E-state index contributed by atoms with van der Waals surface area (Å²) in [6, 6.07) is 0. The number of allylic oxidation sites excluding steroid dienone is 6. The maximum atomic E-state index is 12.7. The first-order valence-corrected chi connectivity index (χ1v) is 23.9. The minimum atomic E-state index is -4.65. The van der Waals surface area contributed by atoms with Crippen LogP contribution in [0, 0.1) is 0 Å². The molecule has 0 amide bonds. The smallest absolute Gasteiger partial charge is 0.306 e. The number of hydrogen-bond acceptors (Lipinski definition) is 9. The van der Waals surface area contributed by atoms with Gasteiger partial charge in [0, 0.05) is 12.8 Å². The highest BCUT2D eigenvalue weighted by atomic mass is 31.2. The minimum Gasteiger partial charge on any atom is -0.756 e. The van der Waals surface area contributed by atoms with E-state index < -0.39 is 38.6 Å². The number of phosphoric acid groups is 1. The van der Waals surface area contributed by atoms with Crippen LogP contribution in [0.3, 0.4) is 0 Å². The lowest BCUT2D eigenvalue weighted by atomic mass is 10.0. The van der Waals surface area contributed by atoms with Gasteiger partial charge < -0.3 is 33.0 Å². The van der Waals surface area contributed by atoms with Gasteiger partial charge in [0.15, 0.2) is 6.10 Å². The number of hydrogen-bond donors (Lipinski definition) is 1. The van der Waals surface area contributed by atoms with E-state index >= 15 is 0 Å². The van der Waals surface area contributed by atoms with Gasteiger partial charge in [0.1, 0.15) is 19.8 Å². The van der Waals surface area contributed by atoms with Crippen LogP contribution in [0.4, 0.5) is 0 Å². The second-order valence-electron chi connectivity index (χ2n) is 16.3. The van der Waals surface area contributed by atoms with E-state index in [1.165, 1.54) is 89.9 Å². The molecule has 0 aromatic rings. The van der Waals surface area contributed by atoms with E-state index in [0.29, 0.717) is 36.7 Å². The fourth-order valence-corrected chi connectivity index (χ4v) is 6.57. The third-order valence-corrected chi connectivity index (χ3v) is 10.4. The van der Waals surface area contributed by atoms with Crippen molar-refractivity contribution in [3.05, 3.63) is 48.6 Å². The van der Waals surface area contributed by atoms with Crippen LogP contribution in [0.2, 0.25) is 0 Å². The van der Waals surface area contributed by atoms with E-state index in [9.17, 15) is 24.2 Å². The fourth-order valence-electron chi connectivity index (χ4n) is 5.84. The molecule has 10 nitrogen and oxygen atoms in total. The second kappa shape index (κ2) is 38.2. The van der Waals surface area contributed by atoms with E-state index in [0.717, 1.165) is 32.1 Å². The zero-order valence-corrected chi connectivity index (χ0v) is 37.8. The number of esters is 2. The molecule has 0 saturated heterocycles. The predicted molar refractivity (Wildman–Crippen MR) is 233 cm³/mol. The number of aliphatic hydroxyl groups is 1. The van der Waals surface area contributed by atoms with Crippen molar-refractivity contribution in [3.8, 4) is 0 Å². The van der Waals surface area contributed by atoms with Crippen LogP contribution in [-0.2, 0) is 32.7 Å². The number of quaternary nitrogens is 1. The number of ether oxygens (including phenoxy) is 2. The highest BCUT2D eigenvalue weighted by Crippen LogP contribution is 2.38.